The van der Waals surface area contributed by atoms with Gasteiger partial charge in [0.05, 0.1) is 10.9 Å². The van der Waals surface area contributed by atoms with E-state index >= 15 is 0 Å². The van der Waals surface area contributed by atoms with Crippen LogP contribution in [0, 0.1) is 0 Å². The van der Waals surface area contributed by atoms with Gasteiger partial charge >= 0.3 is 6.09 Å². The van der Waals surface area contributed by atoms with Crippen LogP contribution in [0.1, 0.15) is 37.4 Å². The van der Waals surface area contributed by atoms with Gasteiger partial charge < -0.3 is 10.1 Å². The van der Waals surface area contributed by atoms with Gasteiger partial charge in [-0.25, -0.2) is 4.79 Å². The maximum absolute atomic E-state index is 11.8. The third-order valence-corrected chi connectivity index (χ3v) is 2.77. The van der Waals surface area contributed by atoms with E-state index < -0.39 is 17.7 Å². The number of alkyl carbamates (subject to hydrolysis) is 1. The lowest BCUT2D eigenvalue weighted by atomic mass is 10.2. The molecule has 1 heterocycles. The summed E-state index contributed by atoms with van der Waals surface area (Å²) in [5.74, 6) is -0.106. The lowest BCUT2D eigenvalue weighted by Gasteiger charge is -2.21. The molecule has 1 aromatic heterocycles. The molecule has 1 unspecified atom stereocenters. The summed E-state index contributed by atoms with van der Waals surface area (Å²) >= 11 is 1.36. The summed E-state index contributed by atoms with van der Waals surface area (Å²) in [7, 11) is 0. The number of ether oxygens (including phenoxy) is 1. The van der Waals surface area contributed by atoms with Crippen LogP contribution in [0.5, 0.6) is 0 Å². The molecular formula is C12H17NO3S. The highest BCUT2D eigenvalue weighted by Gasteiger charge is 2.22. The van der Waals surface area contributed by atoms with Crippen molar-refractivity contribution in [2.45, 2.75) is 39.3 Å². The van der Waals surface area contributed by atoms with Crippen LogP contribution >= 0.6 is 11.3 Å². The monoisotopic (exact) mass is 255 g/mol. The number of hydrogen-bond acceptors (Lipinski definition) is 4. The number of rotatable bonds is 3. The van der Waals surface area contributed by atoms with Crippen molar-refractivity contribution in [3.8, 4) is 0 Å². The number of thiophene rings is 1. The number of amides is 1. The van der Waals surface area contributed by atoms with Crippen LogP contribution in [0.15, 0.2) is 17.5 Å². The Hall–Kier alpha value is -1.36. The van der Waals surface area contributed by atoms with E-state index in [1.807, 2.05) is 5.38 Å². The van der Waals surface area contributed by atoms with Gasteiger partial charge in [-0.1, -0.05) is 6.07 Å². The van der Waals surface area contributed by atoms with Gasteiger partial charge in [0.15, 0.2) is 5.78 Å². The fraction of sp³-hybridized carbons (Fsp3) is 0.500. The fourth-order valence-electron chi connectivity index (χ4n) is 1.18. The number of hydrogen-bond donors (Lipinski definition) is 1. The van der Waals surface area contributed by atoms with E-state index in [1.165, 1.54) is 11.3 Å². The number of carbonyl (C=O) groups is 2. The van der Waals surface area contributed by atoms with Gasteiger partial charge in [-0.2, -0.15) is 0 Å². The second kappa shape index (κ2) is 5.31. The Labute approximate surface area is 105 Å². The Balaban J connectivity index is 2.52. The smallest absolute Gasteiger partial charge is 0.408 e. The highest BCUT2D eigenvalue weighted by atomic mass is 32.1. The summed E-state index contributed by atoms with van der Waals surface area (Å²) in [6, 6.07) is 2.96. The Morgan fingerprint density at radius 3 is 2.53 bits per heavy atom. The summed E-state index contributed by atoms with van der Waals surface area (Å²) in [6.45, 7) is 6.97. The summed E-state index contributed by atoms with van der Waals surface area (Å²) in [4.78, 5) is 23.9. The van der Waals surface area contributed by atoms with E-state index in [0.717, 1.165) is 0 Å². The number of carbonyl (C=O) groups excluding carboxylic acids is 2. The molecule has 0 spiro atoms. The molecule has 0 aliphatic carbocycles. The molecule has 0 saturated heterocycles. The van der Waals surface area contributed by atoms with Gasteiger partial charge in [0.25, 0.3) is 0 Å². The quantitative estimate of drug-likeness (QED) is 0.845. The molecule has 1 amide bonds. The van der Waals surface area contributed by atoms with E-state index in [0.29, 0.717) is 4.88 Å². The van der Waals surface area contributed by atoms with Gasteiger partial charge in [-0.3, -0.25) is 4.79 Å². The first-order valence-corrected chi connectivity index (χ1v) is 6.25. The van der Waals surface area contributed by atoms with Crippen molar-refractivity contribution in [1.29, 1.82) is 0 Å². The molecule has 1 aromatic rings. The SMILES string of the molecule is CC(NC(=O)OC(C)(C)C)C(=O)c1cccs1. The Kier molecular flexibility index (Phi) is 4.28. The molecule has 0 saturated carbocycles. The lowest BCUT2D eigenvalue weighted by molar-refractivity contribution is 0.0497. The second-order valence-electron chi connectivity index (χ2n) is 4.71. The second-order valence-corrected chi connectivity index (χ2v) is 5.66. The van der Waals surface area contributed by atoms with Gasteiger partial charge in [-0.15, -0.1) is 11.3 Å². The van der Waals surface area contributed by atoms with Gasteiger partial charge in [0.1, 0.15) is 5.60 Å². The molecule has 1 N–H and O–H groups in total. The largest absolute Gasteiger partial charge is 0.444 e. The maximum Gasteiger partial charge on any atom is 0.408 e. The summed E-state index contributed by atoms with van der Waals surface area (Å²) < 4.78 is 5.08. The van der Waals surface area contributed by atoms with E-state index in [1.54, 1.807) is 39.8 Å². The number of ketones is 1. The molecule has 1 atom stereocenters. The third kappa shape index (κ3) is 4.56. The highest BCUT2D eigenvalue weighted by Crippen LogP contribution is 2.12. The molecule has 0 aliphatic heterocycles. The van der Waals surface area contributed by atoms with Crippen molar-refractivity contribution in [2.75, 3.05) is 0 Å². The van der Waals surface area contributed by atoms with E-state index in [2.05, 4.69) is 5.32 Å². The van der Waals surface area contributed by atoms with Crippen LogP contribution in [0.2, 0.25) is 0 Å². The summed E-state index contributed by atoms with van der Waals surface area (Å²) in [6.07, 6.45) is -0.574. The molecule has 17 heavy (non-hydrogen) atoms. The molecule has 0 fully saturated rings. The van der Waals surface area contributed by atoms with Crippen LogP contribution in [0.3, 0.4) is 0 Å². The molecule has 1 rings (SSSR count). The maximum atomic E-state index is 11.8. The van der Waals surface area contributed by atoms with Gasteiger partial charge in [0, 0.05) is 0 Å². The standard InChI is InChI=1S/C12H17NO3S/c1-8(10(14)9-6-5-7-17-9)13-11(15)16-12(2,3)4/h5-8H,1-4H3,(H,13,15). The van der Waals surface area contributed by atoms with E-state index in [9.17, 15) is 9.59 Å². The zero-order valence-electron chi connectivity index (χ0n) is 10.4. The molecule has 0 aromatic carbocycles. The van der Waals surface area contributed by atoms with Crippen molar-refractivity contribution in [3.05, 3.63) is 22.4 Å². The van der Waals surface area contributed by atoms with Crippen molar-refractivity contribution in [1.82, 2.24) is 5.32 Å². The third-order valence-electron chi connectivity index (χ3n) is 1.89. The minimum Gasteiger partial charge on any atom is -0.444 e. The van der Waals surface area contributed by atoms with Crippen molar-refractivity contribution < 1.29 is 14.3 Å². The first-order valence-electron chi connectivity index (χ1n) is 5.37. The van der Waals surface area contributed by atoms with Crippen molar-refractivity contribution in [3.63, 3.8) is 0 Å². The zero-order chi connectivity index (χ0) is 13.1. The zero-order valence-corrected chi connectivity index (χ0v) is 11.3. The fourth-order valence-corrected chi connectivity index (χ4v) is 1.94. The molecule has 94 valence electrons. The van der Waals surface area contributed by atoms with Gasteiger partial charge in [-0.05, 0) is 39.1 Å². The molecule has 0 aliphatic rings. The predicted molar refractivity (Wildman–Crippen MR) is 67.5 cm³/mol. The molecular weight excluding hydrogens is 238 g/mol. The molecule has 5 heteroatoms. The van der Waals surface area contributed by atoms with Crippen LogP contribution in [-0.2, 0) is 4.74 Å². The number of Topliss-reactive ketones (excluding diaryl/α,β-unsaturated/α-hetero) is 1. The average molecular weight is 255 g/mol. The molecule has 0 bridgehead atoms. The van der Waals surface area contributed by atoms with Crippen LogP contribution in [-0.4, -0.2) is 23.5 Å². The molecule has 4 nitrogen and oxygen atoms in total. The molecule has 0 radical (unpaired) electrons. The number of nitrogens with one attached hydrogen (secondary N) is 1. The highest BCUT2D eigenvalue weighted by molar-refractivity contribution is 7.12. The van der Waals surface area contributed by atoms with Crippen LogP contribution < -0.4 is 5.32 Å². The van der Waals surface area contributed by atoms with Crippen molar-refractivity contribution in [2.24, 2.45) is 0 Å². The summed E-state index contributed by atoms with van der Waals surface area (Å²) in [5, 5.41) is 4.35. The Morgan fingerprint density at radius 1 is 1.41 bits per heavy atom. The van der Waals surface area contributed by atoms with Crippen LogP contribution in [0.25, 0.3) is 0 Å². The minimum absolute atomic E-state index is 0.106. The average Bonchev–Trinajstić information content (AvgIpc) is 2.65. The first kappa shape index (κ1) is 13.7. The van der Waals surface area contributed by atoms with E-state index in [4.69, 9.17) is 4.74 Å². The Bertz CT molecular complexity index is 392. The minimum atomic E-state index is -0.580. The summed E-state index contributed by atoms with van der Waals surface area (Å²) in [5.41, 5.74) is -0.560. The van der Waals surface area contributed by atoms with Crippen molar-refractivity contribution >= 4 is 23.2 Å². The predicted octanol–water partition coefficient (Wildman–Crippen LogP) is 2.84. The lowest BCUT2D eigenvalue weighted by Crippen LogP contribution is -2.41. The normalized spacial score (nSPS) is 12.9. The van der Waals surface area contributed by atoms with Gasteiger partial charge in [0.2, 0.25) is 0 Å². The van der Waals surface area contributed by atoms with E-state index in [-0.39, 0.29) is 5.78 Å². The Morgan fingerprint density at radius 2 is 2.06 bits per heavy atom. The topological polar surface area (TPSA) is 55.4 Å². The first-order chi connectivity index (χ1) is 7.79. The van der Waals surface area contributed by atoms with Crippen LogP contribution in [0.4, 0.5) is 4.79 Å².